The molecule has 0 radical (unpaired) electrons. The van der Waals surface area contributed by atoms with Crippen LogP contribution in [-0.4, -0.2) is 4.98 Å². The van der Waals surface area contributed by atoms with Crippen molar-refractivity contribution in [3.05, 3.63) is 57.9 Å². The van der Waals surface area contributed by atoms with Gasteiger partial charge in [0.25, 0.3) is 0 Å². The van der Waals surface area contributed by atoms with Gasteiger partial charge in [0.2, 0.25) is 0 Å². The van der Waals surface area contributed by atoms with E-state index in [1.54, 1.807) is 12.3 Å². The van der Waals surface area contributed by atoms with Crippen LogP contribution >= 0.6 is 27.5 Å². The maximum absolute atomic E-state index is 13.3. The summed E-state index contributed by atoms with van der Waals surface area (Å²) in [6.45, 7) is 0. The summed E-state index contributed by atoms with van der Waals surface area (Å²) >= 11 is 9.39. The Morgan fingerprint density at radius 1 is 1.24 bits per heavy atom. The molecule has 2 aromatic carbocycles. The number of hydrogen-bond donors (Lipinski definition) is 2. The zero-order valence-electron chi connectivity index (χ0n) is 10.7. The van der Waals surface area contributed by atoms with E-state index in [9.17, 15) is 4.39 Å². The molecular formula is C15H10BrClFN3. The average molecular weight is 367 g/mol. The second kappa shape index (κ2) is 5.50. The molecule has 0 aliphatic rings. The molecule has 106 valence electrons. The van der Waals surface area contributed by atoms with Crippen LogP contribution in [0.15, 0.2) is 47.1 Å². The lowest BCUT2D eigenvalue weighted by atomic mass is 10.1. The number of nitrogen functional groups attached to an aromatic ring is 1. The van der Waals surface area contributed by atoms with E-state index in [0.717, 1.165) is 16.6 Å². The molecule has 0 aliphatic carbocycles. The van der Waals surface area contributed by atoms with Crippen LogP contribution in [0.2, 0.25) is 5.02 Å². The fourth-order valence-corrected chi connectivity index (χ4v) is 2.99. The van der Waals surface area contributed by atoms with Gasteiger partial charge in [0.05, 0.1) is 21.9 Å². The minimum absolute atomic E-state index is 0.280. The Bertz CT molecular complexity index is 815. The fourth-order valence-electron chi connectivity index (χ4n) is 2.09. The first-order valence-corrected chi connectivity index (χ1v) is 7.28. The summed E-state index contributed by atoms with van der Waals surface area (Å²) in [6, 6.07) is 9.92. The maximum atomic E-state index is 13.3. The molecule has 1 aromatic heterocycles. The van der Waals surface area contributed by atoms with Crippen molar-refractivity contribution in [1.82, 2.24) is 4.98 Å². The van der Waals surface area contributed by atoms with Gasteiger partial charge in [0, 0.05) is 21.7 Å². The predicted molar refractivity (Wildman–Crippen MR) is 88.5 cm³/mol. The van der Waals surface area contributed by atoms with E-state index in [1.165, 1.54) is 12.1 Å². The molecule has 21 heavy (non-hydrogen) atoms. The SMILES string of the molecule is Nc1ccc(Nc2c(Cl)cc(F)cc2Br)c2ncccc12. The van der Waals surface area contributed by atoms with Crippen LogP contribution in [0.25, 0.3) is 10.9 Å². The summed E-state index contributed by atoms with van der Waals surface area (Å²) < 4.78 is 13.8. The zero-order valence-corrected chi connectivity index (χ0v) is 13.0. The maximum Gasteiger partial charge on any atom is 0.125 e. The molecule has 3 rings (SSSR count). The molecule has 3 aromatic rings. The normalized spacial score (nSPS) is 10.8. The molecule has 0 amide bonds. The smallest absolute Gasteiger partial charge is 0.125 e. The summed E-state index contributed by atoms with van der Waals surface area (Å²) in [4.78, 5) is 4.34. The van der Waals surface area contributed by atoms with Crippen molar-refractivity contribution < 1.29 is 4.39 Å². The Morgan fingerprint density at radius 2 is 2.05 bits per heavy atom. The molecule has 0 unspecified atom stereocenters. The van der Waals surface area contributed by atoms with Crippen molar-refractivity contribution in [1.29, 1.82) is 0 Å². The third kappa shape index (κ3) is 2.66. The minimum Gasteiger partial charge on any atom is -0.398 e. The Morgan fingerprint density at radius 3 is 2.81 bits per heavy atom. The van der Waals surface area contributed by atoms with Gasteiger partial charge in [-0.2, -0.15) is 0 Å². The van der Waals surface area contributed by atoms with Crippen LogP contribution in [0.5, 0.6) is 0 Å². The third-order valence-electron chi connectivity index (χ3n) is 3.07. The van der Waals surface area contributed by atoms with Crippen molar-refractivity contribution in [2.24, 2.45) is 0 Å². The summed E-state index contributed by atoms with van der Waals surface area (Å²) in [6.07, 6.45) is 1.69. The first-order chi connectivity index (χ1) is 10.1. The summed E-state index contributed by atoms with van der Waals surface area (Å²) in [5, 5.41) is 4.30. The standard InChI is InChI=1S/C15H10BrClFN3/c16-10-6-8(18)7-11(17)15(10)21-13-4-3-12(19)9-2-1-5-20-14(9)13/h1-7,21H,19H2. The fraction of sp³-hybridized carbons (Fsp3) is 0. The Balaban J connectivity index is 2.13. The highest BCUT2D eigenvalue weighted by molar-refractivity contribution is 9.10. The van der Waals surface area contributed by atoms with E-state index in [4.69, 9.17) is 17.3 Å². The number of fused-ring (bicyclic) bond motifs is 1. The van der Waals surface area contributed by atoms with Gasteiger partial charge >= 0.3 is 0 Å². The number of benzene rings is 2. The number of rotatable bonds is 2. The zero-order chi connectivity index (χ0) is 15.0. The molecule has 3 nitrogen and oxygen atoms in total. The molecule has 0 spiro atoms. The van der Waals surface area contributed by atoms with Gasteiger partial charge in [-0.05, 0) is 52.3 Å². The summed E-state index contributed by atoms with van der Waals surface area (Å²) in [7, 11) is 0. The highest BCUT2D eigenvalue weighted by atomic mass is 79.9. The number of nitrogens with one attached hydrogen (secondary N) is 1. The molecule has 1 heterocycles. The van der Waals surface area contributed by atoms with E-state index in [0.29, 0.717) is 15.8 Å². The van der Waals surface area contributed by atoms with Crippen molar-refractivity contribution in [2.45, 2.75) is 0 Å². The van der Waals surface area contributed by atoms with Crippen LogP contribution in [-0.2, 0) is 0 Å². The number of pyridine rings is 1. The van der Waals surface area contributed by atoms with E-state index >= 15 is 0 Å². The van der Waals surface area contributed by atoms with Crippen molar-refractivity contribution in [3.8, 4) is 0 Å². The Labute approximate surface area is 134 Å². The number of nitrogens with zero attached hydrogens (tertiary/aromatic N) is 1. The number of aromatic nitrogens is 1. The molecule has 0 saturated heterocycles. The predicted octanol–water partition coefficient (Wildman–Crippen LogP) is 5.12. The monoisotopic (exact) mass is 365 g/mol. The molecule has 0 saturated carbocycles. The van der Waals surface area contributed by atoms with Gasteiger partial charge in [0.15, 0.2) is 0 Å². The van der Waals surface area contributed by atoms with Crippen molar-refractivity contribution in [2.75, 3.05) is 11.1 Å². The molecule has 0 atom stereocenters. The topological polar surface area (TPSA) is 50.9 Å². The van der Waals surface area contributed by atoms with Gasteiger partial charge in [-0.1, -0.05) is 11.6 Å². The molecule has 0 aliphatic heterocycles. The van der Waals surface area contributed by atoms with Crippen LogP contribution < -0.4 is 11.1 Å². The largest absolute Gasteiger partial charge is 0.398 e. The summed E-state index contributed by atoms with van der Waals surface area (Å²) in [5.74, 6) is -0.405. The molecule has 3 N–H and O–H groups in total. The van der Waals surface area contributed by atoms with Gasteiger partial charge in [-0.3, -0.25) is 4.98 Å². The lowest BCUT2D eigenvalue weighted by Gasteiger charge is -2.13. The molecular weight excluding hydrogens is 357 g/mol. The second-order valence-corrected chi connectivity index (χ2v) is 5.73. The Kier molecular flexibility index (Phi) is 3.69. The first-order valence-electron chi connectivity index (χ1n) is 6.11. The van der Waals surface area contributed by atoms with E-state index < -0.39 is 5.82 Å². The number of halogens is 3. The number of anilines is 3. The molecule has 0 bridgehead atoms. The van der Waals surface area contributed by atoms with E-state index in [2.05, 4.69) is 26.2 Å². The van der Waals surface area contributed by atoms with Crippen molar-refractivity contribution >= 4 is 55.5 Å². The van der Waals surface area contributed by atoms with Crippen LogP contribution in [0.4, 0.5) is 21.5 Å². The molecule has 0 fully saturated rings. The third-order valence-corrected chi connectivity index (χ3v) is 3.99. The van der Waals surface area contributed by atoms with Gasteiger partial charge in [-0.25, -0.2) is 4.39 Å². The quantitative estimate of drug-likeness (QED) is 0.619. The Hall–Kier alpha value is -1.85. The highest BCUT2D eigenvalue weighted by Crippen LogP contribution is 2.36. The average Bonchev–Trinajstić information content (AvgIpc) is 2.45. The number of hydrogen-bond acceptors (Lipinski definition) is 3. The van der Waals surface area contributed by atoms with Crippen LogP contribution in [0.1, 0.15) is 0 Å². The van der Waals surface area contributed by atoms with Crippen LogP contribution in [0, 0.1) is 5.82 Å². The lowest BCUT2D eigenvalue weighted by molar-refractivity contribution is 0.627. The van der Waals surface area contributed by atoms with Gasteiger partial charge in [-0.15, -0.1) is 0 Å². The molecule has 6 heteroatoms. The highest BCUT2D eigenvalue weighted by Gasteiger charge is 2.11. The summed E-state index contributed by atoms with van der Waals surface area (Å²) in [5.41, 5.74) is 8.64. The van der Waals surface area contributed by atoms with Crippen molar-refractivity contribution in [3.63, 3.8) is 0 Å². The minimum atomic E-state index is -0.405. The van der Waals surface area contributed by atoms with E-state index in [1.807, 2.05) is 18.2 Å². The lowest BCUT2D eigenvalue weighted by Crippen LogP contribution is -1.97. The van der Waals surface area contributed by atoms with Gasteiger partial charge < -0.3 is 11.1 Å². The van der Waals surface area contributed by atoms with Crippen LogP contribution in [0.3, 0.4) is 0 Å². The van der Waals surface area contributed by atoms with E-state index in [-0.39, 0.29) is 5.02 Å². The van der Waals surface area contributed by atoms with Gasteiger partial charge in [0.1, 0.15) is 5.82 Å². The first kappa shape index (κ1) is 14.1. The number of nitrogens with two attached hydrogens (primary N) is 1. The second-order valence-electron chi connectivity index (χ2n) is 4.47.